The first-order chi connectivity index (χ1) is 10.2. The summed E-state index contributed by atoms with van der Waals surface area (Å²) in [6, 6.07) is 15.1. The van der Waals surface area contributed by atoms with Crippen LogP contribution in [-0.2, 0) is 12.9 Å². The first-order valence-corrected chi connectivity index (χ1v) is 7.10. The summed E-state index contributed by atoms with van der Waals surface area (Å²) in [5.41, 5.74) is 3.02. The number of alkyl halides is 1. The van der Waals surface area contributed by atoms with Crippen LogP contribution >= 0.6 is 11.6 Å². The van der Waals surface area contributed by atoms with Crippen LogP contribution in [0.3, 0.4) is 0 Å². The molecule has 0 unspecified atom stereocenters. The number of benzene rings is 2. The van der Waals surface area contributed by atoms with Crippen LogP contribution in [-0.4, -0.2) is 15.7 Å². The summed E-state index contributed by atoms with van der Waals surface area (Å²) in [5.74, 6) is 0.189. The molecule has 0 aliphatic carbocycles. The summed E-state index contributed by atoms with van der Waals surface area (Å²) in [6.07, 6.45) is 0. The third-order valence-corrected chi connectivity index (χ3v) is 3.62. The Morgan fingerprint density at radius 1 is 1.24 bits per heavy atom. The fraction of sp³-hybridized carbons (Fsp3) is 0.125. The second-order valence-electron chi connectivity index (χ2n) is 4.78. The average Bonchev–Trinajstić information content (AvgIpc) is 2.85. The Balaban J connectivity index is 1.94. The number of aryl methyl sites for hydroxylation is 1. The van der Waals surface area contributed by atoms with E-state index in [0.29, 0.717) is 17.3 Å². The van der Waals surface area contributed by atoms with Crippen molar-refractivity contribution in [1.82, 2.24) is 9.78 Å². The molecule has 21 heavy (non-hydrogen) atoms. The van der Waals surface area contributed by atoms with Crippen LogP contribution < -0.4 is 5.32 Å². The Hall–Kier alpha value is -2.33. The van der Waals surface area contributed by atoms with Crippen LogP contribution in [0.1, 0.15) is 16.1 Å². The monoisotopic (exact) mass is 299 g/mol. The van der Waals surface area contributed by atoms with Gasteiger partial charge in [0, 0.05) is 24.0 Å². The largest absolute Gasteiger partial charge is 0.321 e. The third-order valence-electron chi connectivity index (χ3n) is 3.31. The van der Waals surface area contributed by atoms with Gasteiger partial charge < -0.3 is 5.32 Å². The van der Waals surface area contributed by atoms with E-state index in [1.54, 1.807) is 4.68 Å². The Labute approximate surface area is 127 Å². The summed E-state index contributed by atoms with van der Waals surface area (Å²) in [4.78, 5) is 12.4. The van der Waals surface area contributed by atoms with Gasteiger partial charge in [0.15, 0.2) is 5.69 Å². The summed E-state index contributed by atoms with van der Waals surface area (Å²) in [5, 5.41) is 8.01. The van der Waals surface area contributed by atoms with E-state index in [1.807, 2.05) is 55.6 Å². The van der Waals surface area contributed by atoms with Gasteiger partial charge in [-0.15, -0.1) is 11.6 Å². The number of carbonyl (C=O) groups excluding carboxylic acids is 1. The van der Waals surface area contributed by atoms with E-state index in [4.69, 9.17) is 11.6 Å². The molecule has 5 heteroatoms. The average molecular weight is 300 g/mol. The highest BCUT2D eigenvalue weighted by Gasteiger charge is 2.15. The number of nitrogens with zero attached hydrogens (tertiary/aromatic N) is 2. The van der Waals surface area contributed by atoms with Crippen molar-refractivity contribution >= 4 is 34.1 Å². The zero-order valence-corrected chi connectivity index (χ0v) is 12.3. The van der Waals surface area contributed by atoms with Crippen LogP contribution in [0.5, 0.6) is 0 Å². The van der Waals surface area contributed by atoms with Gasteiger partial charge in [-0.05, 0) is 23.8 Å². The molecule has 1 N–H and O–H groups in total. The van der Waals surface area contributed by atoms with Crippen molar-refractivity contribution in [1.29, 1.82) is 0 Å². The van der Waals surface area contributed by atoms with E-state index in [-0.39, 0.29) is 5.91 Å². The summed E-state index contributed by atoms with van der Waals surface area (Å²) >= 11 is 5.81. The van der Waals surface area contributed by atoms with Gasteiger partial charge in [-0.1, -0.05) is 30.3 Å². The van der Waals surface area contributed by atoms with Gasteiger partial charge in [0.25, 0.3) is 5.91 Å². The maximum atomic E-state index is 12.4. The number of carbonyl (C=O) groups is 1. The minimum atomic E-state index is -0.224. The van der Waals surface area contributed by atoms with E-state index < -0.39 is 0 Å². The van der Waals surface area contributed by atoms with E-state index in [2.05, 4.69) is 10.4 Å². The zero-order valence-electron chi connectivity index (χ0n) is 11.5. The number of para-hydroxylation sites is 1. The van der Waals surface area contributed by atoms with E-state index in [1.165, 1.54) is 0 Å². The van der Waals surface area contributed by atoms with Crippen LogP contribution in [0.25, 0.3) is 10.9 Å². The van der Waals surface area contributed by atoms with Crippen molar-refractivity contribution in [2.75, 3.05) is 5.32 Å². The van der Waals surface area contributed by atoms with Gasteiger partial charge in [-0.2, -0.15) is 5.10 Å². The fourth-order valence-corrected chi connectivity index (χ4v) is 2.47. The molecule has 0 aliphatic heterocycles. The number of hydrogen-bond acceptors (Lipinski definition) is 2. The third kappa shape index (κ3) is 2.62. The Kier molecular flexibility index (Phi) is 3.62. The molecule has 0 spiro atoms. The minimum Gasteiger partial charge on any atom is -0.321 e. The Morgan fingerprint density at radius 3 is 2.86 bits per heavy atom. The second-order valence-corrected chi connectivity index (χ2v) is 5.04. The van der Waals surface area contributed by atoms with Crippen LogP contribution in [0.2, 0.25) is 0 Å². The van der Waals surface area contributed by atoms with Gasteiger partial charge in [-0.3, -0.25) is 9.48 Å². The predicted molar refractivity (Wildman–Crippen MR) is 84.7 cm³/mol. The molecule has 4 nitrogen and oxygen atoms in total. The number of anilines is 1. The molecule has 3 aromatic rings. The van der Waals surface area contributed by atoms with E-state index in [9.17, 15) is 4.79 Å². The number of nitrogens with one attached hydrogen (secondary N) is 1. The highest BCUT2D eigenvalue weighted by Crippen LogP contribution is 2.19. The molecule has 106 valence electrons. The summed E-state index contributed by atoms with van der Waals surface area (Å²) < 4.78 is 1.71. The summed E-state index contributed by atoms with van der Waals surface area (Å²) in [7, 11) is 1.83. The number of aromatic nitrogens is 2. The van der Waals surface area contributed by atoms with Crippen molar-refractivity contribution in [3.63, 3.8) is 0 Å². The number of rotatable bonds is 3. The topological polar surface area (TPSA) is 46.9 Å². The molecule has 0 saturated heterocycles. The van der Waals surface area contributed by atoms with Crippen molar-refractivity contribution in [2.45, 2.75) is 5.88 Å². The number of fused-ring (bicyclic) bond motifs is 1. The van der Waals surface area contributed by atoms with Crippen molar-refractivity contribution in [3.05, 3.63) is 59.8 Å². The van der Waals surface area contributed by atoms with Crippen molar-refractivity contribution < 1.29 is 4.79 Å². The molecule has 0 saturated carbocycles. The highest BCUT2D eigenvalue weighted by molar-refractivity contribution is 6.17. The van der Waals surface area contributed by atoms with Crippen LogP contribution in [0, 0.1) is 0 Å². The van der Waals surface area contributed by atoms with Gasteiger partial charge in [0.1, 0.15) is 0 Å². The van der Waals surface area contributed by atoms with Gasteiger partial charge in [-0.25, -0.2) is 0 Å². The van der Waals surface area contributed by atoms with E-state index >= 15 is 0 Å². The maximum absolute atomic E-state index is 12.4. The molecule has 0 atom stereocenters. The lowest BCUT2D eigenvalue weighted by Gasteiger charge is -2.05. The fourth-order valence-electron chi connectivity index (χ4n) is 2.30. The second kappa shape index (κ2) is 5.58. The lowest BCUT2D eigenvalue weighted by Crippen LogP contribution is -2.13. The molecule has 0 aliphatic rings. The molecule has 0 fully saturated rings. The quantitative estimate of drug-likeness (QED) is 0.752. The van der Waals surface area contributed by atoms with Crippen LogP contribution in [0.4, 0.5) is 5.69 Å². The normalized spacial score (nSPS) is 10.8. The number of hydrogen-bond donors (Lipinski definition) is 1. The smallest absolute Gasteiger partial charge is 0.276 e. The first-order valence-electron chi connectivity index (χ1n) is 6.57. The van der Waals surface area contributed by atoms with Gasteiger partial charge >= 0.3 is 0 Å². The lowest BCUT2D eigenvalue weighted by atomic mass is 10.2. The lowest BCUT2D eigenvalue weighted by molar-refractivity contribution is 0.102. The molecule has 1 aromatic heterocycles. The molecule has 0 bridgehead atoms. The Morgan fingerprint density at radius 2 is 2.05 bits per heavy atom. The first kappa shape index (κ1) is 13.6. The minimum absolute atomic E-state index is 0.224. The maximum Gasteiger partial charge on any atom is 0.276 e. The van der Waals surface area contributed by atoms with E-state index in [0.717, 1.165) is 16.5 Å². The molecule has 3 rings (SSSR count). The SMILES string of the molecule is Cn1nc(C(=O)Nc2cccc(CCl)c2)c2ccccc21. The molecule has 1 amide bonds. The number of amides is 1. The zero-order chi connectivity index (χ0) is 14.8. The molecule has 2 aromatic carbocycles. The predicted octanol–water partition coefficient (Wildman–Crippen LogP) is 3.56. The van der Waals surface area contributed by atoms with Gasteiger partial charge in [0.05, 0.1) is 5.52 Å². The Bertz CT molecular complexity index is 810. The molecule has 1 heterocycles. The standard InChI is InChI=1S/C16H14ClN3O/c1-20-14-8-3-2-7-13(14)15(19-20)16(21)18-12-6-4-5-11(9-12)10-17/h2-9H,10H2,1H3,(H,18,21). The summed E-state index contributed by atoms with van der Waals surface area (Å²) in [6.45, 7) is 0. The molecular weight excluding hydrogens is 286 g/mol. The molecule has 0 radical (unpaired) electrons. The number of halogens is 1. The van der Waals surface area contributed by atoms with Crippen molar-refractivity contribution in [2.24, 2.45) is 7.05 Å². The molecular formula is C16H14ClN3O. The van der Waals surface area contributed by atoms with Crippen LogP contribution in [0.15, 0.2) is 48.5 Å². The van der Waals surface area contributed by atoms with Gasteiger partial charge in [0.2, 0.25) is 0 Å². The van der Waals surface area contributed by atoms with Crippen molar-refractivity contribution in [3.8, 4) is 0 Å². The highest BCUT2D eigenvalue weighted by atomic mass is 35.5.